The lowest BCUT2D eigenvalue weighted by atomic mass is 9.93. The molecule has 1 aromatic carbocycles. The molecule has 1 saturated heterocycles. The van der Waals surface area contributed by atoms with Crippen LogP contribution >= 0.6 is 11.6 Å². The van der Waals surface area contributed by atoms with Gasteiger partial charge >= 0.3 is 6.18 Å². The van der Waals surface area contributed by atoms with E-state index in [4.69, 9.17) is 11.6 Å². The maximum Gasteiger partial charge on any atom is 0.416 e. The van der Waals surface area contributed by atoms with Crippen LogP contribution in [0.5, 0.6) is 5.75 Å². The highest BCUT2D eigenvalue weighted by Gasteiger charge is 2.36. The topological polar surface area (TPSA) is 32.3 Å². The molecule has 0 spiro atoms. The monoisotopic (exact) mass is 265 g/mol. The Labute approximate surface area is 101 Å². The lowest BCUT2D eigenvalue weighted by molar-refractivity contribution is -0.138. The number of nitrogens with one attached hydrogen (secondary N) is 1. The van der Waals surface area contributed by atoms with Crippen LogP contribution in [0.1, 0.15) is 23.5 Å². The largest absolute Gasteiger partial charge is 0.506 e. The fourth-order valence-electron chi connectivity index (χ4n) is 2.08. The van der Waals surface area contributed by atoms with E-state index in [-0.39, 0.29) is 16.5 Å². The van der Waals surface area contributed by atoms with E-state index in [0.29, 0.717) is 25.6 Å². The maximum atomic E-state index is 12.8. The number of rotatable bonds is 1. The molecule has 0 aliphatic carbocycles. The van der Waals surface area contributed by atoms with Gasteiger partial charge in [-0.05, 0) is 36.6 Å². The highest BCUT2D eigenvalue weighted by molar-refractivity contribution is 6.32. The van der Waals surface area contributed by atoms with Crippen molar-refractivity contribution >= 4 is 11.6 Å². The van der Waals surface area contributed by atoms with Crippen LogP contribution in [0.25, 0.3) is 0 Å². The molecule has 1 aliphatic heterocycles. The first kappa shape index (κ1) is 12.5. The summed E-state index contributed by atoms with van der Waals surface area (Å²) in [6.45, 7) is 1.20. The van der Waals surface area contributed by atoms with Crippen LogP contribution in [0.15, 0.2) is 12.1 Å². The Bertz CT molecular complexity index is 427. The third-order valence-electron chi connectivity index (χ3n) is 2.92. The van der Waals surface area contributed by atoms with Crippen molar-refractivity contribution in [1.29, 1.82) is 0 Å². The number of halogens is 4. The summed E-state index contributed by atoms with van der Waals surface area (Å²) >= 11 is 5.68. The minimum Gasteiger partial charge on any atom is -0.506 e. The van der Waals surface area contributed by atoms with E-state index >= 15 is 0 Å². The van der Waals surface area contributed by atoms with E-state index in [1.165, 1.54) is 6.07 Å². The third-order valence-corrected chi connectivity index (χ3v) is 3.23. The summed E-state index contributed by atoms with van der Waals surface area (Å²) in [4.78, 5) is 0. The summed E-state index contributed by atoms with van der Waals surface area (Å²) in [5, 5.41) is 12.3. The summed E-state index contributed by atoms with van der Waals surface area (Å²) in [5.41, 5.74) is -0.640. The molecule has 94 valence electrons. The summed E-state index contributed by atoms with van der Waals surface area (Å²) in [6, 6.07) is 1.92. The Kier molecular flexibility index (Phi) is 3.23. The molecule has 2 nitrogen and oxygen atoms in total. The van der Waals surface area contributed by atoms with Crippen LogP contribution < -0.4 is 5.32 Å². The fraction of sp³-hybridized carbons (Fsp3) is 0.455. The van der Waals surface area contributed by atoms with Gasteiger partial charge in [0.25, 0.3) is 0 Å². The number of benzene rings is 1. The molecule has 0 bridgehead atoms. The predicted molar refractivity (Wildman–Crippen MR) is 58.3 cm³/mol. The molecule has 2 rings (SSSR count). The van der Waals surface area contributed by atoms with Crippen molar-refractivity contribution in [2.24, 2.45) is 0 Å². The van der Waals surface area contributed by atoms with E-state index in [1.807, 2.05) is 0 Å². The van der Waals surface area contributed by atoms with Gasteiger partial charge in [0.05, 0.1) is 10.6 Å². The lowest BCUT2D eigenvalue weighted by Gasteiger charge is -2.18. The Hall–Kier alpha value is -0.940. The van der Waals surface area contributed by atoms with E-state index < -0.39 is 17.5 Å². The minimum atomic E-state index is -4.47. The van der Waals surface area contributed by atoms with E-state index in [9.17, 15) is 18.3 Å². The van der Waals surface area contributed by atoms with Crippen LogP contribution in [0.4, 0.5) is 13.2 Å². The van der Waals surface area contributed by atoms with Gasteiger partial charge in [0, 0.05) is 6.54 Å². The third kappa shape index (κ3) is 2.50. The van der Waals surface area contributed by atoms with Gasteiger partial charge in [0.2, 0.25) is 0 Å². The molecule has 1 aromatic rings. The van der Waals surface area contributed by atoms with Crippen molar-refractivity contribution in [3.8, 4) is 5.75 Å². The molecular formula is C11H11ClF3NO. The Balaban J connectivity index is 2.51. The van der Waals surface area contributed by atoms with Crippen molar-refractivity contribution in [2.75, 3.05) is 13.1 Å². The molecule has 1 atom stereocenters. The van der Waals surface area contributed by atoms with Gasteiger partial charge < -0.3 is 10.4 Å². The Morgan fingerprint density at radius 2 is 2.06 bits per heavy atom. The minimum absolute atomic E-state index is 0.0418. The van der Waals surface area contributed by atoms with Crippen LogP contribution in [0, 0.1) is 0 Å². The molecule has 2 N–H and O–H groups in total. The van der Waals surface area contributed by atoms with E-state index in [0.717, 1.165) is 0 Å². The molecule has 17 heavy (non-hydrogen) atoms. The predicted octanol–water partition coefficient (Wildman–Crippen LogP) is 3.14. The second-order valence-electron chi connectivity index (χ2n) is 4.08. The maximum absolute atomic E-state index is 12.8. The van der Waals surface area contributed by atoms with Gasteiger partial charge in [-0.25, -0.2) is 0 Å². The highest BCUT2D eigenvalue weighted by atomic mass is 35.5. The van der Waals surface area contributed by atoms with Crippen molar-refractivity contribution in [3.63, 3.8) is 0 Å². The second-order valence-corrected chi connectivity index (χ2v) is 4.49. The zero-order chi connectivity index (χ0) is 12.6. The lowest BCUT2D eigenvalue weighted by Crippen LogP contribution is -2.14. The average Bonchev–Trinajstić information content (AvgIpc) is 2.73. The molecule has 0 aromatic heterocycles. The summed E-state index contributed by atoms with van der Waals surface area (Å²) in [5.74, 6) is -0.738. The number of hydrogen-bond acceptors (Lipinski definition) is 2. The van der Waals surface area contributed by atoms with Gasteiger partial charge in [0.15, 0.2) is 0 Å². The van der Waals surface area contributed by atoms with Gasteiger partial charge in [-0.2, -0.15) is 13.2 Å². The quantitative estimate of drug-likeness (QED) is 0.818. The van der Waals surface area contributed by atoms with E-state index in [1.54, 1.807) is 0 Å². The summed E-state index contributed by atoms with van der Waals surface area (Å²) in [6.07, 6.45) is -3.83. The SMILES string of the molecule is Oc1cc(C(F)(F)F)c(C2CCNC2)cc1Cl. The van der Waals surface area contributed by atoms with Gasteiger partial charge in [-0.3, -0.25) is 0 Å². The van der Waals surface area contributed by atoms with Gasteiger partial charge in [-0.1, -0.05) is 11.6 Å². The van der Waals surface area contributed by atoms with Crippen LogP contribution in [0.3, 0.4) is 0 Å². The number of phenols is 1. The first-order chi connectivity index (χ1) is 7.89. The number of hydrogen-bond donors (Lipinski definition) is 2. The zero-order valence-corrected chi connectivity index (χ0v) is 9.57. The van der Waals surface area contributed by atoms with Crippen molar-refractivity contribution in [1.82, 2.24) is 5.32 Å². The van der Waals surface area contributed by atoms with E-state index in [2.05, 4.69) is 5.32 Å². The van der Waals surface area contributed by atoms with Crippen molar-refractivity contribution in [2.45, 2.75) is 18.5 Å². The second kappa shape index (κ2) is 4.38. The number of alkyl halides is 3. The van der Waals surface area contributed by atoms with Gasteiger partial charge in [-0.15, -0.1) is 0 Å². The highest BCUT2D eigenvalue weighted by Crippen LogP contribution is 2.41. The van der Waals surface area contributed by atoms with Crippen molar-refractivity contribution < 1.29 is 18.3 Å². The molecule has 1 fully saturated rings. The molecule has 1 aliphatic rings. The average molecular weight is 266 g/mol. The first-order valence-electron chi connectivity index (χ1n) is 5.20. The van der Waals surface area contributed by atoms with Crippen LogP contribution in [-0.2, 0) is 6.18 Å². The summed E-state index contributed by atoms with van der Waals surface area (Å²) in [7, 11) is 0. The van der Waals surface area contributed by atoms with Crippen molar-refractivity contribution in [3.05, 3.63) is 28.3 Å². The van der Waals surface area contributed by atoms with Gasteiger partial charge in [0.1, 0.15) is 5.75 Å². The Morgan fingerprint density at radius 3 is 2.59 bits per heavy atom. The molecule has 0 radical (unpaired) electrons. The fourth-order valence-corrected chi connectivity index (χ4v) is 2.25. The molecule has 1 heterocycles. The molecule has 0 saturated carbocycles. The molecule has 0 amide bonds. The van der Waals surface area contributed by atoms with Crippen LogP contribution in [-0.4, -0.2) is 18.2 Å². The number of aromatic hydroxyl groups is 1. The normalized spacial score (nSPS) is 20.8. The van der Waals surface area contributed by atoms with Crippen LogP contribution in [0.2, 0.25) is 5.02 Å². The Morgan fingerprint density at radius 1 is 1.35 bits per heavy atom. The zero-order valence-electron chi connectivity index (χ0n) is 8.81. The standard InChI is InChI=1S/C11H11ClF3NO/c12-9-3-7(6-1-2-16-5-6)8(4-10(9)17)11(13,14)15/h3-4,6,16-17H,1-2,5H2. The molecular weight excluding hydrogens is 255 g/mol. The first-order valence-corrected chi connectivity index (χ1v) is 5.57. The molecule has 1 unspecified atom stereocenters. The number of phenolic OH excluding ortho intramolecular Hbond substituents is 1. The summed E-state index contributed by atoms with van der Waals surface area (Å²) < 4.78 is 38.5. The molecule has 6 heteroatoms. The smallest absolute Gasteiger partial charge is 0.416 e.